The molecule has 112 valence electrons. The lowest BCUT2D eigenvalue weighted by Gasteiger charge is -2.48. The van der Waals surface area contributed by atoms with Crippen LogP contribution in [0.1, 0.15) is 45.6 Å². The summed E-state index contributed by atoms with van der Waals surface area (Å²) in [6, 6.07) is 7.34. The molecule has 0 aromatic heterocycles. The van der Waals surface area contributed by atoms with Gasteiger partial charge < -0.3 is 10.2 Å². The van der Waals surface area contributed by atoms with E-state index in [4.69, 9.17) is 0 Å². The van der Waals surface area contributed by atoms with E-state index in [0.29, 0.717) is 6.04 Å². The van der Waals surface area contributed by atoms with Crippen LogP contribution in [0.25, 0.3) is 0 Å². The van der Waals surface area contributed by atoms with Crippen LogP contribution in [0, 0.1) is 6.92 Å². The number of halogens is 1. The molecule has 1 N–H and O–H groups in total. The molecule has 0 aliphatic carbocycles. The minimum Gasteiger partial charge on any atom is -0.365 e. The lowest BCUT2D eigenvalue weighted by atomic mass is 9.87. The third-order valence-electron chi connectivity index (χ3n) is 4.92. The van der Waals surface area contributed by atoms with Crippen LogP contribution in [-0.4, -0.2) is 24.7 Å². The molecule has 1 aromatic rings. The molecule has 1 heterocycles. The molecule has 1 aromatic carbocycles. The highest BCUT2D eigenvalue weighted by atomic mass is 79.9. The van der Waals surface area contributed by atoms with Crippen LogP contribution in [-0.2, 0) is 0 Å². The summed E-state index contributed by atoms with van der Waals surface area (Å²) < 4.78 is 1.20. The van der Waals surface area contributed by atoms with E-state index in [0.717, 1.165) is 13.1 Å². The average molecular weight is 339 g/mol. The molecule has 1 aliphatic heterocycles. The molecule has 1 unspecified atom stereocenters. The van der Waals surface area contributed by atoms with Gasteiger partial charge in [0.15, 0.2) is 0 Å². The smallest absolute Gasteiger partial charge is 0.0412 e. The Labute approximate surface area is 132 Å². The number of anilines is 1. The number of aryl methyl sites for hydroxylation is 1. The number of benzene rings is 1. The van der Waals surface area contributed by atoms with Crippen LogP contribution >= 0.6 is 15.9 Å². The zero-order valence-corrected chi connectivity index (χ0v) is 14.8. The molecule has 0 bridgehead atoms. The van der Waals surface area contributed by atoms with Crippen LogP contribution in [0.15, 0.2) is 22.7 Å². The number of piperazine rings is 1. The van der Waals surface area contributed by atoms with Crippen molar-refractivity contribution in [2.45, 2.75) is 58.5 Å². The SMILES string of the molecule is CCC1CNC(CC)(CC)CN1c1ccc(Br)c(C)c1. The number of hydrogen-bond donors (Lipinski definition) is 1. The summed E-state index contributed by atoms with van der Waals surface area (Å²) in [4.78, 5) is 2.61. The first-order valence-electron chi connectivity index (χ1n) is 7.83. The summed E-state index contributed by atoms with van der Waals surface area (Å²) in [5.74, 6) is 0. The van der Waals surface area contributed by atoms with Gasteiger partial charge in [-0.25, -0.2) is 0 Å². The first kappa shape index (κ1) is 15.8. The van der Waals surface area contributed by atoms with E-state index in [1.54, 1.807) is 0 Å². The Balaban J connectivity index is 2.31. The summed E-state index contributed by atoms with van der Waals surface area (Å²) in [6.45, 7) is 11.3. The highest BCUT2D eigenvalue weighted by molar-refractivity contribution is 9.10. The molecule has 0 amide bonds. The third kappa shape index (κ3) is 3.04. The van der Waals surface area contributed by atoms with Crippen LogP contribution in [0.3, 0.4) is 0 Å². The first-order valence-corrected chi connectivity index (χ1v) is 8.62. The van der Waals surface area contributed by atoms with E-state index < -0.39 is 0 Å². The van der Waals surface area contributed by atoms with Gasteiger partial charge in [0.1, 0.15) is 0 Å². The second-order valence-electron chi connectivity index (χ2n) is 5.99. The Morgan fingerprint density at radius 3 is 2.55 bits per heavy atom. The van der Waals surface area contributed by atoms with Gasteiger partial charge in [0, 0.05) is 34.8 Å². The number of hydrogen-bond acceptors (Lipinski definition) is 2. The monoisotopic (exact) mass is 338 g/mol. The van der Waals surface area contributed by atoms with Crippen LogP contribution < -0.4 is 10.2 Å². The molecule has 1 fully saturated rings. The van der Waals surface area contributed by atoms with Crippen molar-refractivity contribution in [3.8, 4) is 0 Å². The maximum atomic E-state index is 3.81. The first-order chi connectivity index (χ1) is 9.55. The highest BCUT2D eigenvalue weighted by Gasteiger charge is 2.36. The molecular formula is C17H27BrN2. The van der Waals surface area contributed by atoms with Crippen molar-refractivity contribution in [2.75, 3.05) is 18.0 Å². The molecule has 2 rings (SSSR count). The average Bonchev–Trinajstić information content (AvgIpc) is 2.49. The summed E-state index contributed by atoms with van der Waals surface area (Å²) in [7, 11) is 0. The molecule has 0 radical (unpaired) electrons. The van der Waals surface area contributed by atoms with Crippen LogP contribution in [0.4, 0.5) is 5.69 Å². The maximum Gasteiger partial charge on any atom is 0.0412 e. The van der Waals surface area contributed by atoms with Crippen molar-refractivity contribution >= 4 is 21.6 Å². The van der Waals surface area contributed by atoms with Gasteiger partial charge in [0.25, 0.3) is 0 Å². The van der Waals surface area contributed by atoms with Crippen molar-refractivity contribution in [3.05, 3.63) is 28.2 Å². The van der Waals surface area contributed by atoms with Crippen molar-refractivity contribution in [1.82, 2.24) is 5.32 Å². The Kier molecular flexibility index (Phi) is 5.14. The fourth-order valence-electron chi connectivity index (χ4n) is 3.15. The fraction of sp³-hybridized carbons (Fsp3) is 0.647. The summed E-state index contributed by atoms with van der Waals surface area (Å²) in [5.41, 5.74) is 2.95. The largest absolute Gasteiger partial charge is 0.365 e. The quantitative estimate of drug-likeness (QED) is 0.869. The predicted octanol–water partition coefficient (Wildman–Crippen LogP) is 4.50. The molecule has 1 saturated heterocycles. The van der Waals surface area contributed by atoms with Gasteiger partial charge in [0.05, 0.1) is 0 Å². The Bertz CT molecular complexity index is 454. The second-order valence-corrected chi connectivity index (χ2v) is 6.85. The van der Waals surface area contributed by atoms with Crippen molar-refractivity contribution < 1.29 is 0 Å². The Hall–Kier alpha value is -0.540. The van der Waals surface area contributed by atoms with E-state index in [2.05, 4.69) is 72.0 Å². The van der Waals surface area contributed by atoms with E-state index >= 15 is 0 Å². The van der Waals surface area contributed by atoms with Gasteiger partial charge in [0.2, 0.25) is 0 Å². The van der Waals surface area contributed by atoms with E-state index in [-0.39, 0.29) is 5.54 Å². The Morgan fingerprint density at radius 1 is 1.30 bits per heavy atom. The van der Waals surface area contributed by atoms with Gasteiger partial charge >= 0.3 is 0 Å². The fourth-order valence-corrected chi connectivity index (χ4v) is 3.40. The van der Waals surface area contributed by atoms with E-state index in [1.165, 1.54) is 35.0 Å². The lowest BCUT2D eigenvalue weighted by Crippen LogP contribution is -2.64. The van der Waals surface area contributed by atoms with Gasteiger partial charge in [-0.2, -0.15) is 0 Å². The maximum absolute atomic E-state index is 3.81. The molecule has 0 spiro atoms. The number of rotatable bonds is 4. The van der Waals surface area contributed by atoms with Gasteiger partial charge in [-0.05, 0) is 49.9 Å². The predicted molar refractivity (Wildman–Crippen MR) is 91.6 cm³/mol. The highest BCUT2D eigenvalue weighted by Crippen LogP contribution is 2.30. The Morgan fingerprint density at radius 2 is 2.00 bits per heavy atom. The molecule has 1 aliphatic rings. The van der Waals surface area contributed by atoms with E-state index in [1.807, 2.05) is 0 Å². The molecular weight excluding hydrogens is 312 g/mol. The van der Waals surface area contributed by atoms with Gasteiger partial charge in [-0.1, -0.05) is 36.7 Å². The molecule has 2 nitrogen and oxygen atoms in total. The van der Waals surface area contributed by atoms with Crippen LogP contribution in [0.2, 0.25) is 0 Å². The normalized spacial score (nSPS) is 22.1. The number of nitrogens with one attached hydrogen (secondary N) is 1. The zero-order valence-electron chi connectivity index (χ0n) is 13.2. The topological polar surface area (TPSA) is 15.3 Å². The molecule has 20 heavy (non-hydrogen) atoms. The molecule has 0 saturated carbocycles. The van der Waals surface area contributed by atoms with E-state index in [9.17, 15) is 0 Å². The summed E-state index contributed by atoms with van der Waals surface area (Å²) in [5, 5.41) is 3.81. The molecule has 1 atom stereocenters. The minimum atomic E-state index is 0.270. The third-order valence-corrected chi connectivity index (χ3v) is 5.81. The number of nitrogens with zero attached hydrogens (tertiary/aromatic N) is 1. The van der Waals surface area contributed by atoms with Crippen molar-refractivity contribution in [2.24, 2.45) is 0 Å². The van der Waals surface area contributed by atoms with Gasteiger partial charge in [-0.3, -0.25) is 0 Å². The lowest BCUT2D eigenvalue weighted by molar-refractivity contribution is 0.246. The van der Waals surface area contributed by atoms with Gasteiger partial charge in [-0.15, -0.1) is 0 Å². The zero-order chi connectivity index (χ0) is 14.8. The van der Waals surface area contributed by atoms with Crippen molar-refractivity contribution in [3.63, 3.8) is 0 Å². The minimum absolute atomic E-state index is 0.270. The molecule has 3 heteroatoms. The standard InChI is InChI=1S/C17H27BrN2/c1-5-14-11-19-17(6-2,7-3)12-20(14)15-8-9-16(18)13(4)10-15/h8-10,14,19H,5-7,11-12H2,1-4H3. The van der Waals surface area contributed by atoms with Crippen molar-refractivity contribution in [1.29, 1.82) is 0 Å². The second kappa shape index (κ2) is 6.48. The summed E-state index contributed by atoms with van der Waals surface area (Å²) >= 11 is 3.60. The summed E-state index contributed by atoms with van der Waals surface area (Å²) in [6.07, 6.45) is 3.56. The van der Waals surface area contributed by atoms with Crippen LogP contribution in [0.5, 0.6) is 0 Å².